The van der Waals surface area contributed by atoms with Crippen LogP contribution in [-0.2, 0) is 4.79 Å². The standard InChI is InChI=1S/C14H18O2/c1-7-5-8(2)10(4)13(9(7)3)11-6-12(11)14(15)16/h5,11-12H,6H2,1-4H3,(H,15,16). The summed E-state index contributed by atoms with van der Waals surface area (Å²) in [6.07, 6.45) is 0.805. The molecule has 0 heterocycles. The van der Waals surface area contributed by atoms with Gasteiger partial charge in [-0.05, 0) is 67.9 Å². The minimum Gasteiger partial charge on any atom is -0.481 e. The quantitative estimate of drug-likeness (QED) is 0.828. The van der Waals surface area contributed by atoms with Crippen LogP contribution in [0.4, 0.5) is 0 Å². The SMILES string of the molecule is Cc1cc(C)c(C)c(C2CC2C(=O)O)c1C. The summed E-state index contributed by atoms with van der Waals surface area (Å²) in [7, 11) is 0. The van der Waals surface area contributed by atoms with Gasteiger partial charge in [0, 0.05) is 0 Å². The van der Waals surface area contributed by atoms with Gasteiger partial charge in [-0.25, -0.2) is 0 Å². The summed E-state index contributed by atoms with van der Waals surface area (Å²) < 4.78 is 0. The normalized spacial score (nSPS) is 23.2. The molecule has 1 N–H and O–H groups in total. The van der Waals surface area contributed by atoms with Gasteiger partial charge < -0.3 is 5.11 Å². The van der Waals surface area contributed by atoms with Crippen molar-refractivity contribution in [2.24, 2.45) is 5.92 Å². The zero-order valence-corrected chi connectivity index (χ0v) is 10.3. The molecule has 2 nitrogen and oxygen atoms in total. The van der Waals surface area contributed by atoms with Crippen molar-refractivity contribution >= 4 is 5.97 Å². The first-order valence-electron chi connectivity index (χ1n) is 5.73. The zero-order chi connectivity index (χ0) is 12.0. The maximum absolute atomic E-state index is 10.9. The second-order valence-corrected chi connectivity index (χ2v) is 4.96. The van der Waals surface area contributed by atoms with Crippen molar-refractivity contribution in [3.63, 3.8) is 0 Å². The molecule has 16 heavy (non-hydrogen) atoms. The molecule has 1 aromatic rings. The van der Waals surface area contributed by atoms with E-state index >= 15 is 0 Å². The molecular formula is C14H18O2. The molecule has 0 aliphatic heterocycles. The van der Waals surface area contributed by atoms with E-state index in [1.165, 1.54) is 27.8 Å². The van der Waals surface area contributed by atoms with Crippen LogP contribution in [0.1, 0.15) is 40.2 Å². The Balaban J connectivity index is 2.46. The lowest BCUT2D eigenvalue weighted by molar-refractivity contribution is -0.138. The van der Waals surface area contributed by atoms with Crippen LogP contribution >= 0.6 is 0 Å². The van der Waals surface area contributed by atoms with E-state index < -0.39 is 5.97 Å². The molecule has 86 valence electrons. The van der Waals surface area contributed by atoms with Gasteiger partial charge in [0.15, 0.2) is 0 Å². The van der Waals surface area contributed by atoms with Gasteiger partial charge in [0.2, 0.25) is 0 Å². The van der Waals surface area contributed by atoms with Crippen molar-refractivity contribution in [2.75, 3.05) is 0 Å². The average molecular weight is 218 g/mol. The summed E-state index contributed by atoms with van der Waals surface area (Å²) >= 11 is 0. The maximum Gasteiger partial charge on any atom is 0.307 e. The lowest BCUT2D eigenvalue weighted by Crippen LogP contribution is -2.03. The largest absolute Gasteiger partial charge is 0.481 e. The van der Waals surface area contributed by atoms with Crippen LogP contribution in [-0.4, -0.2) is 11.1 Å². The molecule has 2 heteroatoms. The molecule has 0 bridgehead atoms. The topological polar surface area (TPSA) is 37.3 Å². The monoisotopic (exact) mass is 218 g/mol. The molecule has 0 aromatic heterocycles. The molecular weight excluding hydrogens is 200 g/mol. The van der Waals surface area contributed by atoms with Crippen LogP contribution in [0.3, 0.4) is 0 Å². The van der Waals surface area contributed by atoms with Crippen LogP contribution < -0.4 is 0 Å². The fourth-order valence-corrected chi connectivity index (χ4v) is 2.59. The third-order valence-corrected chi connectivity index (χ3v) is 3.90. The van der Waals surface area contributed by atoms with E-state index in [2.05, 4.69) is 33.8 Å². The molecule has 0 saturated heterocycles. The number of aliphatic carboxylic acids is 1. The van der Waals surface area contributed by atoms with E-state index in [1.54, 1.807) is 0 Å². The predicted molar refractivity (Wildman–Crippen MR) is 63.9 cm³/mol. The van der Waals surface area contributed by atoms with Gasteiger partial charge >= 0.3 is 5.97 Å². The Labute approximate surface area is 96.3 Å². The highest BCUT2D eigenvalue weighted by Crippen LogP contribution is 2.50. The van der Waals surface area contributed by atoms with E-state index in [0.29, 0.717) is 0 Å². The van der Waals surface area contributed by atoms with Gasteiger partial charge in [0.05, 0.1) is 5.92 Å². The number of rotatable bonds is 2. The van der Waals surface area contributed by atoms with Crippen LogP contribution in [0.5, 0.6) is 0 Å². The van der Waals surface area contributed by atoms with Crippen LogP contribution in [0.25, 0.3) is 0 Å². The molecule has 1 aromatic carbocycles. The number of hydrogen-bond acceptors (Lipinski definition) is 1. The van der Waals surface area contributed by atoms with Gasteiger partial charge in [-0.1, -0.05) is 6.07 Å². The van der Waals surface area contributed by atoms with E-state index in [1.807, 2.05) is 0 Å². The minimum atomic E-state index is -0.650. The predicted octanol–water partition coefficient (Wildman–Crippen LogP) is 3.11. The second-order valence-electron chi connectivity index (χ2n) is 4.96. The van der Waals surface area contributed by atoms with Crippen molar-refractivity contribution < 1.29 is 9.90 Å². The maximum atomic E-state index is 10.9. The molecule has 2 unspecified atom stereocenters. The summed E-state index contributed by atoms with van der Waals surface area (Å²) in [5.74, 6) is -0.558. The van der Waals surface area contributed by atoms with Crippen molar-refractivity contribution in [3.05, 3.63) is 33.9 Å². The lowest BCUT2D eigenvalue weighted by Gasteiger charge is -2.14. The Morgan fingerprint density at radius 2 is 1.69 bits per heavy atom. The zero-order valence-electron chi connectivity index (χ0n) is 10.3. The summed E-state index contributed by atoms with van der Waals surface area (Å²) in [4.78, 5) is 10.9. The summed E-state index contributed by atoms with van der Waals surface area (Å²) in [6.45, 7) is 8.41. The van der Waals surface area contributed by atoms with Gasteiger partial charge in [-0.2, -0.15) is 0 Å². The molecule has 1 saturated carbocycles. The summed E-state index contributed by atoms with van der Waals surface area (Å²) in [5, 5.41) is 9.01. The molecule has 0 radical (unpaired) electrons. The molecule has 1 fully saturated rings. The molecule has 1 aliphatic carbocycles. The van der Waals surface area contributed by atoms with Gasteiger partial charge in [0.25, 0.3) is 0 Å². The number of carbonyl (C=O) groups is 1. The third kappa shape index (κ3) is 1.62. The number of carboxylic acid groups (broad SMARTS) is 1. The molecule has 2 atom stereocenters. The van der Waals surface area contributed by atoms with Crippen LogP contribution in [0, 0.1) is 33.6 Å². The highest BCUT2D eigenvalue weighted by Gasteiger charge is 2.45. The minimum absolute atomic E-state index is 0.154. The van der Waals surface area contributed by atoms with Crippen LogP contribution in [0.15, 0.2) is 6.07 Å². The number of aryl methyl sites for hydroxylation is 2. The molecule has 0 spiro atoms. The van der Waals surface area contributed by atoms with Gasteiger partial charge in [0.1, 0.15) is 0 Å². The molecule has 1 aliphatic rings. The fourth-order valence-electron chi connectivity index (χ4n) is 2.59. The first-order valence-corrected chi connectivity index (χ1v) is 5.73. The Hall–Kier alpha value is -1.31. The average Bonchev–Trinajstić information content (AvgIpc) is 2.95. The highest BCUT2D eigenvalue weighted by atomic mass is 16.4. The molecule has 2 rings (SSSR count). The first-order chi connectivity index (χ1) is 7.43. The lowest BCUT2D eigenvalue weighted by atomic mass is 9.91. The third-order valence-electron chi connectivity index (χ3n) is 3.90. The Bertz CT molecular complexity index is 434. The second kappa shape index (κ2) is 3.62. The smallest absolute Gasteiger partial charge is 0.307 e. The van der Waals surface area contributed by atoms with Crippen molar-refractivity contribution in [1.29, 1.82) is 0 Å². The van der Waals surface area contributed by atoms with Gasteiger partial charge in [-0.3, -0.25) is 4.79 Å². The number of benzene rings is 1. The Morgan fingerprint density at radius 1 is 1.19 bits per heavy atom. The number of carboxylic acids is 1. The number of hydrogen-bond donors (Lipinski definition) is 1. The van der Waals surface area contributed by atoms with Crippen molar-refractivity contribution in [2.45, 2.75) is 40.0 Å². The highest BCUT2D eigenvalue weighted by molar-refractivity contribution is 5.76. The van der Waals surface area contributed by atoms with E-state index in [-0.39, 0.29) is 11.8 Å². The fraction of sp³-hybridized carbons (Fsp3) is 0.500. The van der Waals surface area contributed by atoms with Crippen molar-refractivity contribution in [1.82, 2.24) is 0 Å². The van der Waals surface area contributed by atoms with Gasteiger partial charge in [-0.15, -0.1) is 0 Å². The first kappa shape index (κ1) is 11.2. The van der Waals surface area contributed by atoms with E-state index in [4.69, 9.17) is 5.11 Å². The van der Waals surface area contributed by atoms with Crippen LogP contribution in [0.2, 0.25) is 0 Å². The van der Waals surface area contributed by atoms with E-state index in [0.717, 1.165) is 6.42 Å². The molecule has 0 amide bonds. The Morgan fingerprint density at radius 3 is 2.06 bits per heavy atom. The Kier molecular flexibility index (Phi) is 2.53. The summed E-state index contributed by atoms with van der Waals surface area (Å²) in [6, 6.07) is 2.19. The van der Waals surface area contributed by atoms with Crippen molar-refractivity contribution in [3.8, 4) is 0 Å². The summed E-state index contributed by atoms with van der Waals surface area (Å²) in [5.41, 5.74) is 6.38. The van der Waals surface area contributed by atoms with E-state index in [9.17, 15) is 4.79 Å².